The molecule has 0 aliphatic heterocycles. The minimum atomic E-state index is 0.406. The lowest BCUT2D eigenvalue weighted by molar-refractivity contribution is 0.572. The van der Waals surface area contributed by atoms with E-state index in [0.717, 1.165) is 24.4 Å². The normalized spacial score (nSPS) is 11.4. The van der Waals surface area contributed by atoms with E-state index in [1.54, 1.807) is 0 Å². The molecule has 0 atom stereocenters. The van der Waals surface area contributed by atoms with Crippen LogP contribution in [0.4, 0.5) is 0 Å². The SMILES string of the molecule is CC(C)CCc1nc(Cl)cc(C(C)C)n1. The van der Waals surface area contributed by atoms with E-state index in [1.165, 1.54) is 0 Å². The molecule has 1 heterocycles. The molecule has 0 fully saturated rings. The molecule has 3 heteroatoms. The van der Waals surface area contributed by atoms with Crippen LogP contribution in [-0.4, -0.2) is 9.97 Å². The minimum absolute atomic E-state index is 0.406. The summed E-state index contributed by atoms with van der Waals surface area (Å²) >= 11 is 5.96. The fraction of sp³-hybridized carbons (Fsp3) is 0.667. The van der Waals surface area contributed by atoms with Gasteiger partial charge in [-0.15, -0.1) is 0 Å². The standard InChI is InChI=1S/C12H19ClN2/c1-8(2)5-6-12-14-10(9(3)4)7-11(13)15-12/h7-9H,5-6H2,1-4H3. The molecular formula is C12H19ClN2. The average Bonchev–Trinajstić information content (AvgIpc) is 2.13. The fourth-order valence-corrected chi connectivity index (χ4v) is 1.52. The summed E-state index contributed by atoms with van der Waals surface area (Å²) in [6, 6.07) is 1.85. The lowest BCUT2D eigenvalue weighted by atomic mass is 10.1. The molecule has 2 nitrogen and oxygen atoms in total. The van der Waals surface area contributed by atoms with Crippen LogP contribution in [0.25, 0.3) is 0 Å². The van der Waals surface area contributed by atoms with Gasteiger partial charge in [0.25, 0.3) is 0 Å². The fourth-order valence-electron chi connectivity index (χ4n) is 1.31. The highest BCUT2D eigenvalue weighted by molar-refractivity contribution is 6.29. The Morgan fingerprint density at radius 2 is 1.87 bits per heavy atom. The van der Waals surface area contributed by atoms with Crippen LogP contribution >= 0.6 is 11.6 Å². The molecule has 0 N–H and O–H groups in total. The van der Waals surface area contributed by atoms with E-state index in [0.29, 0.717) is 17.0 Å². The van der Waals surface area contributed by atoms with E-state index in [1.807, 2.05) is 6.07 Å². The first-order chi connectivity index (χ1) is 6.99. The third-order valence-electron chi connectivity index (χ3n) is 2.30. The predicted molar refractivity (Wildman–Crippen MR) is 64.3 cm³/mol. The van der Waals surface area contributed by atoms with Gasteiger partial charge in [0.15, 0.2) is 0 Å². The van der Waals surface area contributed by atoms with Crippen molar-refractivity contribution < 1.29 is 0 Å². The van der Waals surface area contributed by atoms with Crippen LogP contribution < -0.4 is 0 Å². The molecule has 0 bridgehead atoms. The Kier molecular flexibility index (Phi) is 4.52. The van der Waals surface area contributed by atoms with Crippen molar-refractivity contribution in [2.24, 2.45) is 5.92 Å². The molecule has 0 saturated carbocycles. The quantitative estimate of drug-likeness (QED) is 0.729. The summed E-state index contributed by atoms with van der Waals surface area (Å²) in [5.74, 6) is 1.96. The van der Waals surface area contributed by atoms with Crippen LogP contribution in [0.3, 0.4) is 0 Å². The number of aryl methyl sites for hydroxylation is 1. The molecule has 84 valence electrons. The van der Waals surface area contributed by atoms with Gasteiger partial charge in [0.1, 0.15) is 11.0 Å². The van der Waals surface area contributed by atoms with Gasteiger partial charge in [0.05, 0.1) is 0 Å². The third-order valence-corrected chi connectivity index (χ3v) is 2.49. The Morgan fingerprint density at radius 1 is 1.20 bits per heavy atom. The van der Waals surface area contributed by atoms with Gasteiger partial charge in [0, 0.05) is 12.1 Å². The molecule has 0 aromatic carbocycles. The Labute approximate surface area is 97.1 Å². The highest BCUT2D eigenvalue weighted by Crippen LogP contribution is 2.16. The summed E-state index contributed by atoms with van der Waals surface area (Å²) in [5, 5.41) is 0.562. The van der Waals surface area contributed by atoms with E-state index in [9.17, 15) is 0 Å². The average molecular weight is 227 g/mol. The molecule has 1 aromatic rings. The van der Waals surface area contributed by atoms with Crippen molar-refractivity contribution >= 4 is 11.6 Å². The molecule has 0 unspecified atom stereocenters. The van der Waals surface area contributed by atoms with Crippen molar-refractivity contribution in [3.63, 3.8) is 0 Å². The molecule has 0 spiro atoms. The molecular weight excluding hydrogens is 208 g/mol. The molecule has 0 aliphatic carbocycles. The van der Waals surface area contributed by atoms with Gasteiger partial charge in [-0.25, -0.2) is 9.97 Å². The summed E-state index contributed by atoms with van der Waals surface area (Å²) < 4.78 is 0. The zero-order chi connectivity index (χ0) is 11.4. The van der Waals surface area contributed by atoms with E-state index < -0.39 is 0 Å². The lowest BCUT2D eigenvalue weighted by Gasteiger charge is -2.08. The summed E-state index contributed by atoms with van der Waals surface area (Å²) in [5.41, 5.74) is 1.04. The van der Waals surface area contributed by atoms with Crippen LogP contribution in [0.1, 0.15) is 51.6 Å². The first-order valence-corrected chi connectivity index (χ1v) is 5.90. The van der Waals surface area contributed by atoms with Crippen molar-refractivity contribution in [2.45, 2.75) is 46.5 Å². The van der Waals surface area contributed by atoms with Gasteiger partial charge in [-0.1, -0.05) is 39.3 Å². The number of nitrogens with zero attached hydrogens (tertiary/aromatic N) is 2. The van der Waals surface area contributed by atoms with Gasteiger partial charge >= 0.3 is 0 Å². The molecule has 15 heavy (non-hydrogen) atoms. The Balaban J connectivity index is 2.79. The summed E-state index contributed by atoms with van der Waals surface area (Å²) in [7, 11) is 0. The van der Waals surface area contributed by atoms with E-state index in [-0.39, 0.29) is 0 Å². The Hall–Kier alpha value is -0.630. The Bertz CT molecular complexity index is 321. The Morgan fingerprint density at radius 3 is 2.40 bits per heavy atom. The van der Waals surface area contributed by atoms with Crippen LogP contribution in [0, 0.1) is 5.92 Å². The van der Waals surface area contributed by atoms with Crippen molar-refractivity contribution in [3.05, 3.63) is 22.7 Å². The summed E-state index contributed by atoms with van der Waals surface area (Å²) in [6.07, 6.45) is 2.02. The molecule has 0 saturated heterocycles. The maximum absolute atomic E-state index is 5.96. The molecule has 0 amide bonds. The van der Waals surface area contributed by atoms with Crippen LogP contribution in [0.5, 0.6) is 0 Å². The van der Waals surface area contributed by atoms with Crippen LogP contribution in [0.2, 0.25) is 5.15 Å². The molecule has 1 aromatic heterocycles. The predicted octanol–water partition coefficient (Wildman–Crippen LogP) is 3.84. The van der Waals surface area contributed by atoms with E-state index in [4.69, 9.17) is 11.6 Å². The van der Waals surface area contributed by atoms with Gasteiger partial charge < -0.3 is 0 Å². The smallest absolute Gasteiger partial charge is 0.133 e. The second kappa shape index (κ2) is 5.45. The third kappa shape index (κ3) is 4.17. The number of aromatic nitrogens is 2. The van der Waals surface area contributed by atoms with Crippen LogP contribution in [-0.2, 0) is 6.42 Å². The molecule has 1 rings (SSSR count). The van der Waals surface area contributed by atoms with Crippen molar-refractivity contribution in [1.82, 2.24) is 9.97 Å². The zero-order valence-corrected chi connectivity index (χ0v) is 10.7. The zero-order valence-electron chi connectivity index (χ0n) is 9.92. The number of rotatable bonds is 4. The van der Waals surface area contributed by atoms with Gasteiger partial charge in [-0.05, 0) is 24.3 Å². The minimum Gasteiger partial charge on any atom is -0.238 e. The van der Waals surface area contributed by atoms with E-state index in [2.05, 4.69) is 37.7 Å². The van der Waals surface area contributed by atoms with Crippen molar-refractivity contribution in [3.8, 4) is 0 Å². The van der Waals surface area contributed by atoms with Crippen molar-refractivity contribution in [2.75, 3.05) is 0 Å². The monoisotopic (exact) mass is 226 g/mol. The second-order valence-electron chi connectivity index (χ2n) is 4.62. The largest absolute Gasteiger partial charge is 0.238 e. The first-order valence-electron chi connectivity index (χ1n) is 5.52. The summed E-state index contributed by atoms with van der Waals surface area (Å²) in [4.78, 5) is 8.75. The summed E-state index contributed by atoms with van der Waals surface area (Å²) in [6.45, 7) is 8.64. The lowest BCUT2D eigenvalue weighted by Crippen LogP contribution is -2.03. The highest BCUT2D eigenvalue weighted by Gasteiger charge is 2.07. The van der Waals surface area contributed by atoms with Crippen LogP contribution in [0.15, 0.2) is 6.07 Å². The maximum Gasteiger partial charge on any atom is 0.133 e. The van der Waals surface area contributed by atoms with Gasteiger partial charge in [-0.2, -0.15) is 0 Å². The molecule has 0 aliphatic rings. The van der Waals surface area contributed by atoms with Crippen molar-refractivity contribution in [1.29, 1.82) is 0 Å². The second-order valence-corrected chi connectivity index (χ2v) is 5.01. The molecule has 0 radical (unpaired) electrons. The van der Waals surface area contributed by atoms with Gasteiger partial charge in [-0.3, -0.25) is 0 Å². The number of halogens is 1. The first kappa shape index (κ1) is 12.4. The number of hydrogen-bond donors (Lipinski definition) is 0. The maximum atomic E-state index is 5.96. The van der Waals surface area contributed by atoms with Gasteiger partial charge in [0.2, 0.25) is 0 Å². The van der Waals surface area contributed by atoms with E-state index >= 15 is 0 Å². The number of hydrogen-bond acceptors (Lipinski definition) is 2. The topological polar surface area (TPSA) is 25.8 Å². The highest BCUT2D eigenvalue weighted by atomic mass is 35.5.